The molecule has 2 aliphatic rings. The Morgan fingerprint density at radius 2 is 2.06 bits per heavy atom. The number of nitrogens with zero attached hydrogens (tertiary/aromatic N) is 1. The van der Waals surface area contributed by atoms with Gasteiger partial charge in [-0.2, -0.15) is 0 Å². The Hall–Kier alpha value is -0.610. The first-order valence-electron chi connectivity index (χ1n) is 6.77. The third-order valence-corrected chi connectivity index (χ3v) is 4.13. The molecule has 1 saturated carbocycles. The van der Waals surface area contributed by atoms with Crippen LogP contribution in [0.2, 0.25) is 0 Å². The highest BCUT2D eigenvalue weighted by atomic mass is 16.5. The van der Waals surface area contributed by atoms with Gasteiger partial charge in [-0.05, 0) is 19.8 Å². The van der Waals surface area contributed by atoms with Gasteiger partial charge in [-0.1, -0.05) is 12.8 Å². The largest absolute Gasteiger partial charge is 0.469 e. The lowest BCUT2D eigenvalue weighted by Crippen LogP contribution is -2.59. The number of nitrogens with one attached hydrogen (secondary N) is 1. The summed E-state index contributed by atoms with van der Waals surface area (Å²) in [7, 11) is 1.47. The van der Waals surface area contributed by atoms with Crippen molar-refractivity contribution < 1.29 is 9.53 Å². The van der Waals surface area contributed by atoms with Crippen molar-refractivity contribution in [3.05, 3.63) is 0 Å². The third-order valence-electron chi connectivity index (χ3n) is 4.13. The molecule has 1 heterocycles. The van der Waals surface area contributed by atoms with Crippen LogP contribution in [0.5, 0.6) is 0 Å². The monoisotopic (exact) mass is 240 g/mol. The van der Waals surface area contributed by atoms with E-state index in [1.54, 1.807) is 0 Å². The van der Waals surface area contributed by atoms with Crippen molar-refractivity contribution in [1.82, 2.24) is 10.2 Å². The molecule has 0 aromatic heterocycles. The smallest absolute Gasteiger partial charge is 0.307 e. The first kappa shape index (κ1) is 12.8. The molecule has 2 atom stereocenters. The lowest BCUT2D eigenvalue weighted by atomic mass is 10.0. The molecular formula is C13H24N2O2. The van der Waals surface area contributed by atoms with Gasteiger partial charge < -0.3 is 10.1 Å². The Labute approximate surface area is 104 Å². The second kappa shape index (κ2) is 5.83. The molecule has 4 heteroatoms. The normalized spacial score (nSPS) is 31.6. The number of rotatable bonds is 3. The molecule has 0 aromatic rings. The highest BCUT2D eigenvalue weighted by Gasteiger charge is 2.35. The molecule has 0 amide bonds. The second-order valence-corrected chi connectivity index (χ2v) is 5.33. The van der Waals surface area contributed by atoms with Gasteiger partial charge in [0.25, 0.3) is 0 Å². The average Bonchev–Trinajstić information content (AvgIpc) is 2.82. The minimum Gasteiger partial charge on any atom is -0.469 e. The van der Waals surface area contributed by atoms with Crippen molar-refractivity contribution in [2.45, 2.75) is 57.2 Å². The van der Waals surface area contributed by atoms with Crippen LogP contribution in [0.1, 0.15) is 39.0 Å². The Balaban J connectivity index is 2.01. The number of carbonyl (C=O) groups excluding carboxylic acids is 1. The first-order valence-corrected chi connectivity index (χ1v) is 6.77. The van der Waals surface area contributed by atoms with Crippen LogP contribution >= 0.6 is 0 Å². The molecule has 17 heavy (non-hydrogen) atoms. The van der Waals surface area contributed by atoms with Crippen LogP contribution in [-0.2, 0) is 9.53 Å². The minimum absolute atomic E-state index is 0.0890. The van der Waals surface area contributed by atoms with Gasteiger partial charge in [-0.3, -0.25) is 9.69 Å². The lowest BCUT2D eigenvalue weighted by molar-refractivity contribution is -0.142. The zero-order chi connectivity index (χ0) is 12.3. The predicted molar refractivity (Wildman–Crippen MR) is 66.8 cm³/mol. The molecule has 0 bridgehead atoms. The van der Waals surface area contributed by atoms with Crippen molar-refractivity contribution in [3.8, 4) is 0 Å². The first-order chi connectivity index (χ1) is 8.22. The van der Waals surface area contributed by atoms with E-state index in [9.17, 15) is 4.79 Å². The fourth-order valence-corrected chi connectivity index (χ4v) is 3.34. The average molecular weight is 240 g/mol. The topological polar surface area (TPSA) is 41.6 Å². The molecule has 0 radical (unpaired) electrons. The van der Waals surface area contributed by atoms with Gasteiger partial charge >= 0.3 is 5.97 Å². The molecule has 0 aromatic carbocycles. The molecule has 1 saturated heterocycles. The lowest BCUT2D eigenvalue weighted by Gasteiger charge is -2.44. The Morgan fingerprint density at radius 1 is 1.35 bits per heavy atom. The summed E-state index contributed by atoms with van der Waals surface area (Å²) in [5.74, 6) is -0.0890. The number of hydrogen-bond acceptors (Lipinski definition) is 4. The van der Waals surface area contributed by atoms with E-state index in [1.807, 2.05) is 0 Å². The maximum atomic E-state index is 11.5. The maximum Gasteiger partial charge on any atom is 0.307 e. The van der Waals surface area contributed by atoms with Crippen molar-refractivity contribution >= 4 is 5.97 Å². The van der Waals surface area contributed by atoms with Crippen LogP contribution in [0.3, 0.4) is 0 Å². The van der Waals surface area contributed by atoms with Crippen LogP contribution in [0.15, 0.2) is 0 Å². The van der Waals surface area contributed by atoms with Gasteiger partial charge in [0.2, 0.25) is 0 Å². The van der Waals surface area contributed by atoms with Gasteiger partial charge in [0.15, 0.2) is 0 Å². The second-order valence-electron chi connectivity index (χ2n) is 5.33. The standard InChI is InChI=1S/C13H24N2O2/c1-10-8-14-9-12(7-13(16)17-2)15(10)11-5-3-4-6-11/h10-12,14H,3-9H2,1-2H3. The zero-order valence-electron chi connectivity index (χ0n) is 10.9. The molecule has 2 fully saturated rings. The third kappa shape index (κ3) is 2.99. The Morgan fingerprint density at radius 3 is 2.71 bits per heavy atom. The van der Waals surface area contributed by atoms with Crippen molar-refractivity contribution in [2.24, 2.45) is 0 Å². The summed E-state index contributed by atoms with van der Waals surface area (Å²) >= 11 is 0. The summed E-state index contributed by atoms with van der Waals surface area (Å²) in [4.78, 5) is 14.0. The van der Waals surface area contributed by atoms with Gasteiger partial charge in [-0.25, -0.2) is 0 Å². The SMILES string of the molecule is COC(=O)CC1CNCC(C)N1C1CCCC1. The Kier molecular flexibility index (Phi) is 4.40. The number of esters is 1. The number of carbonyl (C=O) groups is 1. The van der Waals surface area contributed by atoms with Gasteiger partial charge in [0.1, 0.15) is 0 Å². The van der Waals surface area contributed by atoms with E-state index in [0.717, 1.165) is 13.1 Å². The van der Waals surface area contributed by atoms with Crippen LogP contribution in [-0.4, -0.2) is 49.2 Å². The fourth-order valence-electron chi connectivity index (χ4n) is 3.34. The van der Waals surface area contributed by atoms with Gasteiger partial charge in [0, 0.05) is 31.2 Å². The molecule has 2 rings (SSSR count). The molecule has 1 aliphatic carbocycles. The van der Waals surface area contributed by atoms with Crippen LogP contribution in [0, 0.1) is 0 Å². The van der Waals surface area contributed by atoms with E-state index < -0.39 is 0 Å². The molecule has 1 N–H and O–H groups in total. The molecule has 4 nitrogen and oxygen atoms in total. The van der Waals surface area contributed by atoms with Crippen LogP contribution in [0.4, 0.5) is 0 Å². The van der Waals surface area contributed by atoms with Crippen molar-refractivity contribution in [3.63, 3.8) is 0 Å². The summed E-state index contributed by atoms with van der Waals surface area (Å²) in [6.07, 6.45) is 5.78. The number of methoxy groups -OCH3 is 1. The Bertz CT molecular complexity index is 264. The minimum atomic E-state index is -0.0890. The maximum absolute atomic E-state index is 11.5. The van der Waals surface area contributed by atoms with E-state index in [0.29, 0.717) is 24.5 Å². The highest BCUT2D eigenvalue weighted by Crippen LogP contribution is 2.28. The van der Waals surface area contributed by atoms with Crippen LogP contribution < -0.4 is 5.32 Å². The molecule has 1 aliphatic heterocycles. The van der Waals surface area contributed by atoms with Gasteiger partial charge in [0.05, 0.1) is 13.5 Å². The van der Waals surface area contributed by atoms with Crippen molar-refractivity contribution in [2.75, 3.05) is 20.2 Å². The number of hydrogen-bond donors (Lipinski definition) is 1. The van der Waals surface area contributed by atoms with Crippen LogP contribution in [0.25, 0.3) is 0 Å². The summed E-state index contributed by atoms with van der Waals surface area (Å²) < 4.78 is 4.81. The fraction of sp³-hybridized carbons (Fsp3) is 0.923. The van der Waals surface area contributed by atoms with Gasteiger partial charge in [-0.15, -0.1) is 0 Å². The van der Waals surface area contributed by atoms with E-state index in [4.69, 9.17) is 4.74 Å². The zero-order valence-corrected chi connectivity index (χ0v) is 10.9. The molecule has 0 spiro atoms. The number of piperazine rings is 1. The quantitative estimate of drug-likeness (QED) is 0.752. The van der Waals surface area contributed by atoms with E-state index in [-0.39, 0.29) is 5.97 Å². The van der Waals surface area contributed by atoms with E-state index >= 15 is 0 Å². The van der Waals surface area contributed by atoms with E-state index in [2.05, 4.69) is 17.1 Å². The molecular weight excluding hydrogens is 216 g/mol. The molecule has 2 unspecified atom stereocenters. The molecule has 98 valence electrons. The summed E-state index contributed by atoms with van der Waals surface area (Å²) in [5, 5.41) is 3.42. The van der Waals surface area contributed by atoms with E-state index in [1.165, 1.54) is 32.8 Å². The highest BCUT2D eigenvalue weighted by molar-refractivity contribution is 5.70. The van der Waals surface area contributed by atoms with Crippen molar-refractivity contribution in [1.29, 1.82) is 0 Å². The number of ether oxygens (including phenoxy) is 1. The summed E-state index contributed by atoms with van der Waals surface area (Å²) in [6, 6.07) is 1.53. The predicted octanol–water partition coefficient (Wildman–Crippen LogP) is 1.15. The summed E-state index contributed by atoms with van der Waals surface area (Å²) in [5.41, 5.74) is 0. The summed E-state index contributed by atoms with van der Waals surface area (Å²) in [6.45, 7) is 4.21.